The first-order chi connectivity index (χ1) is 6.54. The van der Waals surface area contributed by atoms with E-state index in [9.17, 15) is 9.90 Å². The van der Waals surface area contributed by atoms with E-state index in [-0.39, 0.29) is 12.1 Å². The van der Waals surface area contributed by atoms with Crippen LogP contribution in [0, 0.1) is 0 Å². The number of aliphatic hydroxyl groups is 2. The number of aliphatic hydroxyl groups excluding tert-OH is 2. The van der Waals surface area contributed by atoms with Crippen LogP contribution in [0.2, 0.25) is 0 Å². The molecule has 0 aromatic rings. The van der Waals surface area contributed by atoms with Gasteiger partial charge < -0.3 is 19.7 Å². The first kappa shape index (κ1) is 11.4. The SMILES string of the molecule is CC[C@H](OC(C)=O)[C@@H]1C[C@@H](O)C(O)O1. The van der Waals surface area contributed by atoms with E-state index in [4.69, 9.17) is 14.6 Å². The lowest BCUT2D eigenvalue weighted by Crippen LogP contribution is -2.30. The van der Waals surface area contributed by atoms with Crippen molar-refractivity contribution < 1.29 is 24.5 Å². The summed E-state index contributed by atoms with van der Waals surface area (Å²) in [5.74, 6) is -0.378. The predicted octanol–water partition coefficient (Wildman–Crippen LogP) is -0.204. The lowest BCUT2D eigenvalue weighted by Gasteiger charge is -2.20. The van der Waals surface area contributed by atoms with Gasteiger partial charge in [0.25, 0.3) is 0 Å². The summed E-state index contributed by atoms with van der Waals surface area (Å²) in [6.07, 6.45) is -1.95. The molecule has 0 bridgehead atoms. The van der Waals surface area contributed by atoms with E-state index in [2.05, 4.69) is 0 Å². The average Bonchev–Trinajstić information content (AvgIpc) is 2.42. The summed E-state index contributed by atoms with van der Waals surface area (Å²) in [6, 6.07) is 0. The van der Waals surface area contributed by atoms with Crippen molar-refractivity contribution in [2.45, 2.75) is 51.3 Å². The van der Waals surface area contributed by atoms with Crippen molar-refractivity contribution >= 4 is 5.97 Å². The first-order valence-electron chi connectivity index (χ1n) is 4.73. The van der Waals surface area contributed by atoms with E-state index in [0.29, 0.717) is 12.8 Å². The molecule has 0 aromatic heterocycles. The summed E-state index contributed by atoms with van der Waals surface area (Å²) in [6.45, 7) is 3.18. The molecule has 0 spiro atoms. The van der Waals surface area contributed by atoms with Crippen LogP contribution >= 0.6 is 0 Å². The van der Waals surface area contributed by atoms with Crippen molar-refractivity contribution in [3.63, 3.8) is 0 Å². The maximum absolute atomic E-state index is 10.7. The summed E-state index contributed by atoms with van der Waals surface area (Å²) in [5.41, 5.74) is 0. The van der Waals surface area contributed by atoms with Crippen LogP contribution in [0.1, 0.15) is 26.7 Å². The summed E-state index contributed by atoms with van der Waals surface area (Å²) in [7, 11) is 0. The van der Waals surface area contributed by atoms with E-state index >= 15 is 0 Å². The monoisotopic (exact) mass is 204 g/mol. The van der Waals surface area contributed by atoms with Crippen LogP contribution in [0.25, 0.3) is 0 Å². The normalized spacial score (nSPS) is 34.1. The quantitative estimate of drug-likeness (QED) is 0.622. The second kappa shape index (κ2) is 4.72. The molecule has 4 atom stereocenters. The highest BCUT2D eigenvalue weighted by atomic mass is 16.6. The molecule has 1 aliphatic heterocycles. The molecule has 1 aliphatic rings. The van der Waals surface area contributed by atoms with Gasteiger partial charge >= 0.3 is 5.97 Å². The van der Waals surface area contributed by atoms with Crippen molar-refractivity contribution in [2.75, 3.05) is 0 Å². The van der Waals surface area contributed by atoms with Crippen LogP contribution in [-0.2, 0) is 14.3 Å². The van der Waals surface area contributed by atoms with E-state index in [1.165, 1.54) is 6.92 Å². The van der Waals surface area contributed by atoms with Crippen LogP contribution in [0.15, 0.2) is 0 Å². The summed E-state index contributed by atoms with van der Waals surface area (Å²) < 4.78 is 10.0. The number of rotatable bonds is 3. The minimum Gasteiger partial charge on any atom is -0.460 e. The van der Waals surface area contributed by atoms with Crippen LogP contribution < -0.4 is 0 Å². The van der Waals surface area contributed by atoms with E-state index in [1.807, 2.05) is 6.92 Å². The number of hydrogen-bond acceptors (Lipinski definition) is 5. The molecular formula is C9H16O5. The molecule has 0 radical (unpaired) electrons. The third-order valence-electron chi connectivity index (χ3n) is 2.25. The maximum Gasteiger partial charge on any atom is 0.302 e. The molecule has 1 saturated heterocycles. The van der Waals surface area contributed by atoms with Gasteiger partial charge in [-0.2, -0.15) is 0 Å². The minimum atomic E-state index is -1.16. The van der Waals surface area contributed by atoms with Gasteiger partial charge in [0.2, 0.25) is 0 Å². The summed E-state index contributed by atoms with van der Waals surface area (Å²) in [4.78, 5) is 10.7. The molecule has 0 amide bonds. The van der Waals surface area contributed by atoms with Gasteiger partial charge in [0.15, 0.2) is 6.29 Å². The van der Waals surface area contributed by atoms with Crippen LogP contribution in [-0.4, -0.2) is 40.8 Å². The zero-order valence-corrected chi connectivity index (χ0v) is 8.34. The van der Waals surface area contributed by atoms with Gasteiger partial charge in [-0.25, -0.2) is 0 Å². The zero-order chi connectivity index (χ0) is 10.7. The van der Waals surface area contributed by atoms with Gasteiger partial charge in [-0.1, -0.05) is 6.92 Å². The Balaban J connectivity index is 2.50. The second-order valence-electron chi connectivity index (χ2n) is 3.42. The molecule has 5 nitrogen and oxygen atoms in total. The lowest BCUT2D eigenvalue weighted by molar-refractivity contribution is -0.169. The molecule has 1 rings (SSSR count). The smallest absolute Gasteiger partial charge is 0.302 e. The largest absolute Gasteiger partial charge is 0.460 e. The van der Waals surface area contributed by atoms with Crippen LogP contribution in [0.5, 0.6) is 0 Å². The first-order valence-corrected chi connectivity index (χ1v) is 4.73. The van der Waals surface area contributed by atoms with Gasteiger partial charge in [0.05, 0.1) is 0 Å². The van der Waals surface area contributed by atoms with Gasteiger partial charge in [0.1, 0.15) is 18.3 Å². The molecule has 0 aromatic carbocycles. The molecule has 1 fully saturated rings. The maximum atomic E-state index is 10.7. The third kappa shape index (κ3) is 2.67. The van der Waals surface area contributed by atoms with Gasteiger partial charge in [-0.15, -0.1) is 0 Å². The van der Waals surface area contributed by atoms with E-state index < -0.39 is 18.5 Å². The minimum absolute atomic E-state index is 0.299. The number of carbonyl (C=O) groups is 1. The highest BCUT2D eigenvalue weighted by Gasteiger charge is 2.37. The Kier molecular flexibility index (Phi) is 3.86. The fraction of sp³-hybridized carbons (Fsp3) is 0.889. The summed E-state index contributed by atoms with van der Waals surface area (Å²) in [5, 5.41) is 18.4. The Labute approximate surface area is 82.6 Å². The Morgan fingerprint density at radius 3 is 2.64 bits per heavy atom. The van der Waals surface area contributed by atoms with Gasteiger partial charge in [-0.3, -0.25) is 4.79 Å². The highest BCUT2D eigenvalue weighted by molar-refractivity contribution is 5.66. The molecule has 82 valence electrons. The van der Waals surface area contributed by atoms with Crippen LogP contribution in [0.3, 0.4) is 0 Å². The molecular weight excluding hydrogens is 188 g/mol. The van der Waals surface area contributed by atoms with Crippen molar-refractivity contribution in [1.29, 1.82) is 0 Å². The third-order valence-corrected chi connectivity index (χ3v) is 2.25. The zero-order valence-electron chi connectivity index (χ0n) is 8.34. The molecule has 2 N–H and O–H groups in total. The van der Waals surface area contributed by atoms with Crippen LogP contribution in [0.4, 0.5) is 0 Å². The molecule has 5 heteroatoms. The molecule has 14 heavy (non-hydrogen) atoms. The van der Waals surface area contributed by atoms with Gasteiger partial charge in [-0.05, 0) is 6.42 Å². The van der Waals surface area contributed by atoms with E-state index in [1.54, 1.807) is 0 Å². The Morgan fingerprint density at radius 2 is 2.29 bits per heavy atom. The van der Waals surface area contributed by atoms with E-state index in [0.717, 1.165) is 0 Å². The Hall–Kier alpha value is -0.650. The van der Waals surface area contributed by atoms with Gasteiger partial charge in [0, 0.05) is 13.3 Å². The lowest BCUT2D eigenvalue weighted by atomic mass is 10.1. The Morgan fingerprint density at radius 1 is 1.64 bits per heavy atom. The highest BCUT2D eigenvalue weighted by Crippen LogP contribution is 2.24. The van der Waals surface area contributed by atoms with Crippen molar-refractivity contribution in [1.82, 2.24) is 0 Å². The topological polar surface area (TPSA) is 76.0 Å². The fourth-order valence-electron chi connectivity index (χ4n) is 1.55. The molecule has 1 unspecified atom stereocenters. The Bertz CT molecular complexity index is 195. The number of ether oxygens (including phenoxy) is 2. The average molecular weight is 204 g/mol. The number of carbonyl (C=O) groups excluding carboxylic acids is 1. The second-order valence-corrected chi connectivity index (χ2v) is 3.42. The molecule has 0 saturated carbocycles. The molecule has 1 heterocycles. The van der Waals surface area contributed by atoms with Crippen molar-refractivity contribution in [3.8, 4) is 0 Å². The number of hydrogen-bond donors (Lipinski definition) is 2. The molecule has 0 aliphatic carbocycles. The standard InChI is InChI=1S/C9H16O5/c1-3-7(13-5(2)10)8-4-6(11)9(12)14-8/h6-9,11-12H,3-4H2,1-2H3/t6-,7+,8+,9?/m1/s1. The van der Waals surface area contributed by atoms with Crippen molar-refractivity contribution in [2.24, 2.45) is 0 Å². The number of esters is 1. The van der Waals surface area contributed by atoms with Crippen molar-refractivity contribution in [3.05, 3.63) is 0 Å². The summed E-state index contributed by atoms with van der Waals surface area (Å²) >= 11 is 0. The predicted molar refractivity (Wildman–Crippen MR) is 47.3 cm³/mol. The fourth-order valence-corrected chi connectivity index (χ4v) is 1.55.